The number of ketones is 1. The summed E-state index contributed by atoms with van der Waals surface area (Å²) in [6, 6.07) is 9.72. The highest BCUT2D eigenvalue weighted by molar-refractivity contribution is 9.10. The van der Waals surface area contributed by atoms with Crippen molar-refractivity contribution in [1.29, 1.82) is 0 Å². The van der Waals surface area contributed by atoms with Gasteiger partial charge in [0.25, 0.3) is 5.56 Å². The number of aryl methyl sites for hydroxylation is 1. The number of hydrogen-bond acceptors (Lipinski definition) is 4. The van der Waals surface area contributed by atoms with Gasteiger partial charge in [-0.05, 0) is 55.5 Å². The van der Waals surface area contributed by atoms with Gasteiger partial charge in [-0.3, -0.25) is 14.6 Å². The standard InChI is InChI=1S/C25H23BrF2N2O3/c1-15-3-2-4-19(29-15)11-30-12-21(23(31)14-33-13-16-5-6-16)20(24(28)25(30)32)9-17-7-8-18(26)10-22(17)27/h2-4,7-8,10,12,16H,5-6,9,11,13-14H2,1H3. The average molecular weight is 517 g/mol. The number of nitrogens with zero attached hydrogens (tertiary/aromatic N) is 2. The third-order valence-electron chi connectivity index (χ3n) is 5.57. The fraction of sp³-hybridized carbons (Fsp3) is 0.320. The van der Waals surface area contributed by atoms with Gasteiger partial charge in [0.1, 0.15) is 12.4 Å². The molecule has 0 radical (unpaired) electrons. The maximum atomic E-state index is 15.3. The molecule has 0 amide bonds. The van der Waals surface area contributed by atoms with Gasteiger partial charge in [0, 0.05) is 33.9 Å². The number of hydrogen-bond donors (Lipinski definition) is 0. The van der Waals surface area contributed by atoms with Crippen molar-refractivity contribution in [2.24, 2.45) is 5.92 Å². The minimum atomic E-state index is -1.07. The van der Waals surface area contributed by atoms with Crippen molar-refractivity contribution in [3.63, 3.8) is 0 Å². The maximum absolute atomic E-state index is 15.3. The smallest absolute Gasteiger partial charge is 0.287 e. The fourth-order valence-electron chi connectivity index (χ4n) is 3.59. The summed E-state index contributed by atoms with van der Waals surface area (Å²) in [4.78, 5) is 30.2. The summed E-state index contributed by atoms with van der Waals surface area (Å²) < 4.78 is 37.0. The number of carbonyl (C=O) groups is 1. The third-order valence-corrected chi connectivity index (χ3v) is 6.06. The predicted octanol–water partition coefficient (Wildman–Crippen LogP) is 4.84. The lowest BCUT2D eigenvalue weighted by Crippen LogP contribution is -2.29. The van der Waals surface area contributed by atoms with Crippen LogP contribution in [-0.2, 0) is 17.7 Å². The van der Waals surface area contributed by atoms with Crippen LogP contribution >= 0.6 is 15.9 Å². The molecule has 1 fully saturated rings. The van der Waals surface area contributed by atoms with Crippen LogP contribution in [-0.4, -0.2) is 28.5 Å². The second-order valence-corrected chi connectivity index (χ2v) is 9.25. The van der Waals surface area contributed by atoms with Crippen LogP contribution in [0.1, 0.15) is 45.7 Å². The SMILES string of the molecule is Cc1cccc(Cn2cc(C(=O)COCC3CC3)c(Cc3ccc(Br)cc3F)c(F)c2=O)n1. The van der Waals surface area contributed by atoms with Crippen LogP contribution < -0.4 is 5.56 Å². The van der Waals surface area contributed by atoms with Crippen molar-refractivity contribution in [2.75, 3.05) is 13.2 Å². The topological polar surface area (TPSA) is 61.2 Å². The lowest BCUT2D eigenvalue weighted by molar-refractivity contribution is 0.0737. The number of Topliss-reactive ketones (excluding diaryl/α,β-unsaturated/α-hetero) is 1. The molecule has 8 heteroatoms. The highest BCUT2D eigenvalue weighted by Crippen LogP contribution is 2.29. The molecular formula is C25H23BrF2N2O3. The summed E-state index contributed by atoms with van der Waals surface area (Å²) in [5.74, 6) is -1.61. The second kappa shape index (κ2) is 10.1. The Morgan fingerprint density at radius 2 is 2.03 bits per heavy atom. The Morgan fingerprint density at radius 3 is 2.73 bits per heavy atom. The van der Waals surface area contributed by atoms with Crippen LogP contribution in [0.25, 0.3) is 0 Å². The molecule has 1 aliphatic rings. The third kappa shape index (κ3) is 5.81. The molecule has 0 spiro atoms. The Balaban J connectivity index is 1.71. The first-order valence-electron chi connectivity index (χ1n) is 10.7. The molecule has 1 saturated carbocycles. The molecule has 0 unspecified atom stereocenters. The van der Waals surface area contributed by atoms with E-state index in [0.717, 1.165) is 23.1 Å². The Hall–Kier alpha value is -2.71. The highest BCUT2D eigenvalue weighted by Gasteiger charge is 2.24. The molecule has 0 bridgehead atoms. The molecule has 0 N–H and O–H groups in total. The van der Waals surface area contributed by atoms with Crippen LogP contribution in [0.2, 0.25) is 0 Å². The summed E-state index contributed by atoms with van der Waals surface area (Å²) in [7, 11) is 0. The normalized spacial score (nSPS) is 13.3. The molecule has 5 nitrogen and oxygen atoms in total. The number of ether oxygens (including phenoxy) is 1. The van der Waals surface area contributed by atoms with Crippen molar-refractivity contribution in [3.05, 3.63) is 97.1 Å². The van der Waals surface area contributed by atoms with Gasteiger partial charge in [0.05, 0.1) is 18.8 Å². The van der Waals surface area contributed by atoms with E-state index in [2.05, 4.69) is 20.9 Å². The lowest BCUT2D eigenvalue weighted by Gasteiger charge is -2.15. The van der Waals surface area contributed by atoms with Crippen LogP contribution in [0.15, 0.2) is 51.9 Å². The van der Waals surface area contributed by atoms with Crippen molar-refractivity contribution < 1.29 is 18.3 Å². The van der Waals surface area contributed by atoms with E-state index in [1.807, 2.05) is 13.0 Å². The minimum Gasteiger partial charge on any atom is -0.373 e. The van der Waals surface area contributed by atoms with E-state index in [1.54, 1.807) is 18.2 Å². The number of carbonyl (C=O) groups excluding carboxylic acids is 1. The molecular weight excluding hydrogens is 494 g/mol. The van der Waals surface area contributed by atoms with Gasteiger partial charge in [0.15, 0.2) is 11.6 Å². The Labute approximate surface area is 198 Å². The minimum absolute atomic E-state index is 0.00751. The van der Waals surface area contributed by atoms with Crippen LogP contribution in [0.3, 0.4) is 0 Å². The van der Waals surface area contributed by atoms with E-state index in [-0.39, 0.29) is 36.3 Å². The van der Waals surface area contributed by atoms with Crippen molar-refractivity contribution >= 4 is 21.7 Å². The molecule has 0 saturated heterocycles. The highest BCUT2D eigenvalue weighted by atomic mass is 79.9. The van der Waals surface area contributed by atoms with Crippen LogP contribution in [0.4, 0.5) is 8.78 Å². The first kappa shape index (κ1) is 23.4. The van der Waals surface area contributed by atoms with Crippen LogP contribution in [0.5, 0.6) is 0 Å². The molecule has 172 valence electrons. The molecule has 33 heavy (non-hydrogen) atoms. The van der Waals surface area contributed by atoms with E-state index in [0.29, 0.717) is 22.7 Å². The molecule has 2 aromatic heterocycles. The fourth-order valence-corrected chi connectivity index (χ4v) is 3.93. The zero-order valence-electron chi connectivity index (χ0n) is 18.1. The Kier molecular flexibility index (Phi) is 7.14. The van der Waals surface area contributed by atoms with Crippen molar-refractivity contribution in [3.8, 4) is 0 Å². The molecule has 1 aliphatic carbocycles. The summed E-state index contributed by atoms with van der Waals surface area (Å²) in [5.41, 5.74) is 0.496. The molecule has 0 aliphatic heterocycles. The summed E-state index contributed by atoms with van der Waals surface area (Å²) in [6.07, 6.45) is 3.26. The van der Waals surface area contributed by atoms with Gasteiger partial charge in [-0.15, -0.1) is 0 Å². The summed E-state index contributed by atoms with van der Waals surface area (Å²) in [6.45, 7) is 2.06. The number of halogens is 3. The van der Waals surface area contributed by atoms with Gasteiger partial charge >= 0.3 is 0 Å². The van der Waals surface area contributed by atoms with Crippen LogP contribution in [0, 0.1) is 24.5 Å². The Bertz CT molecular complexity index is 1250. The van der Waals surface area contributed by atoms with Gasteiger partial charge < -0.3 is 9.30 Å². The lowest BCUT2D eigenvalue weighted by atomic mass is 9.98. The van der Waals surface area contributed by atoms with E-state index >= 15 is 4.39 Å². The predicted molar refractivity (Wildman–Crippen MR) is 124 cm³/mol. The quantitative estimate of drug-likeness (QED) is 0.381. The van der Waals surface area contributed by atoms with Gasteiger partial charge in [0.2, 0.25) is 0 Å². The first-order valence-corrected chi connectivity index (χ1v) is 11.5. The monoisotopic (exact) mass is 516 g/mol. The zero-order chi connectivity index (χ0) is 23.5. The van der Waals surface area contributed by atoms with E-state index in [9.17, 15) is 14.0 Å². The summed E-state index contributed by atoms with van der Waals surface area (Å²) >= 11 is 3.19. The average Bonchev–Trinajstić information content (AvgIpc) is 3.59. The molecule has 4 rings (SSSR count). The van der Waals surface area contributed by atoms with Crippen molar-refractivity contribution in [2.45, 2.75) is 32.7 Å². The number of pyridine rings is 2. The zero-order valence-corrected chi connectivity index (χ0v) is 19.7. The van der Waals surface area contributed by atoms with Gasteiger partial charge in [-0.2, -0.15) is 0 Å². The van der Waals surface area contributed by atoms with E-state index < -0.39 is 23.0 Å². The number of benzene rings is 1. The Morgan fingerprint density at radius 1 is 1.24 bits per heavy atom. The van der Waals surface area contributed by atoms with E-state index in [1.165, 1.54) is 18.3 Å². The second-order valence-electron chi connectivity index (χ2n) is 8.33. The maximum Gasteiger partial charge on any atom is 0.287 e. The van der Waals surface area contributed by atoms with Gasteiger partial charge in [-0.1, -0.05) is 28.1 Å². The number of aromatic nitrogens is 2. The van der Waals surface area contributed by atoms with Gasteiger partial charge in [-0.25, -0.2) is 8.78 Å². The molecule has 0 atom stereocenters. The first-order chi connectivity index (χ1) is 15.8. The van der Waals surface area contributed by atoms with E-state index in [4.69, 9.17) is 4.74 Å². The summed E-state index contributed by atoms with van der Waals surface area (Å²) in [5, 5.41) is 0. The molecule has 3 aromatic rings. The molecule has 2 heterocycles. The molecule has 1 aromatic carbocycles. The van der Waals surface area contributed by atoms with Crippen molar-refractivity contribution in [1.82, 2.24) is 9.55 Å². The number of rotatable bonds is 9. The largest absolute Gasteiger partial charge is 0.373 e.